The van der Waals surface area contributed by atoms with Crippen LogP contribution in [0.4, 0.5) is 0 Å². The third-order valence-corrected chi connectivity index (χ3v) is 17.7. The second kappa shape index (κ2) is 20.5. The minimum atomic E-state index is -0.109. The molecule has 0 amide bonds. The van der Waals surface area contributed by atoms with E-state index in [0.717, 1.165) is 47.3 Å². The normalized spacial score (nSPS) is 19.5. The predicted molar refractivity (Wildman–Crippen MR) is 246 cm³/mol. The molecule has 298 valence electrons. The molecule has 8 rings (SSSR count). The molecule has 2 aliphatic heterocycles. The van der Waals surface area contributed by atoms with E-state index in [1.807, 2.05) is 43.2 Å². The first-order valence-electron chi connectivity index (χ1n) is 20.9. The topological polar surface area (TPSA) is 52.6 Å². The minimum absolute atomic E-state index is 0.109. The van der Waals surface area contributed by atoms with E-state index in [4.69, 9.17) is 9.47 Å². The zero-order valence-electron chi connectivity index (χ0n) is 33.0. The molecule has 4 nitrogen and oxygen atoms in total. The van der Waals surface area contributed by atoms with Crippen molar-refractivity contribution in [2.45, 2.75) is 113 Å². The van der Waals surface area contributed by atoms with Crippen molar-refractivity contribution >= 4 is 55.1 Å². The number of esters is 2. The van der Waals surface area contributed by atoms with Gasteiger partial charge in [-0.15, -0.1) is 0 Å². The fraction of sp³-hybridized carbons (Fsp3) is 0.400. The molecule has 8 heteroatoms. The SMILES string of the molecule is O=C(CCCCC1CCSS1)OCc1ccc2c(c1)-c1ccccc1C2CC#CC#CCC1c2ccccc2-c2cc(COC(=O)CCCCC3CCSS3)ccc21. The molecule has 4 unspecified atom stereocenters. The van der Waals surface area contributed by atoms with E-state index >= 15 is 0 Å². The summed E-state index contributed by atoms with van der Waals surface area (Å²) in [5.41, 5.74) is 12.0. The Bertz CT molecular complexity index is 2060. The highest BCUT2D eigenvalue weighted by Gasteiger charge is 2.29. The van der Waals surface area contributed by atoms with E-state index < -0.39 is 0 Å². The molecular formula is C50H50O4S4. The van der Waals surface area contributed by atoms with Gasteiger partial charge < -0.3 is 9.47 Å². The quantitative estimate of drug-likeness (QED) is 0.0478. The van der Waals surface area contributed by atoms with Gasteiger partial charge in [0.05, 0.1) is 0 Å². The predicted octanol–water partition coefficient (Wildman–Crippen LogP) is 12.9. The molecule has 4 atom stereocenters. The average Bonchev–Trinajstić information content (AvgIpc) is 4.08. The lowest BCUT2D eigenvalue weighted by atomic mass is 9.93. The van der Waals surface area contributed by atoms with Crippen molar-refractivity contribution in [2.24, 2.45) is 0 Å². The van der Waals surface area contributed by atoms with Crippen LogP contribution in [-0.4, -0.2) is 33.9 Å². The Hall–Kier alpha value is -3.66. The molecule has 0 N–H and O–H groups in total. The van der Waals surface area contributed by atoms with Crippen LogP contribution in [-0.2, 0) is 32.3 Å². The lowest BCUT2D eigenvalue weighted by molar-refractivity contribution is -0.146. The van der Waals surface area contributed by atoms with Crippen LogP contribution in [0.3, 0.4) is 0 Å². The van der Waals surface area contributed by atoms with Crippen LogP contribution in [0.1, 0.15) is 122 Å². The molecule has 2 aliphatic carbocycles. The molecule has 4 aromatic rings. The molecule has 58 heavy (non-hydrogen) atoms. The van der Waals surface area contributed by atoms with Crippen molar-refractivity contribution in [1.82, 2.24) is 0 Å². The number of hydrogen-bond donors (Lipinski definition) is 0. The van der Waals surface area contributed by atoms with Crippen LogP contribution in [0.2, 0.25) is 0 Å². The van der Waals surface area contributed by atoms with Crippen molar-refractivity contribution < 1.29 is 19.1 Å². The number of carbonyl (C=O) groups excluding carboxylic acids is 2. The molecular weight excluding hydrogens is 793 g/mol. The molecule has 2 saturated heterocycles. The summed E-state index contributed by atoms with van der Waals surface area (Å²) in [7, 11) is 7.95. The highest BCUT2D eigenvalue weighted by Crippen LogP contribution is 2.48. The van der Waals surface area contributed by atoms with Crippen molar-refractivity contribution in [1.29, 1.82) is 0 Å². The maximum absolute atomic E-state index is 12.5. The second-order valence-corrected chi connectivity index (χ2v) is 21.2. The summed E-state index contributed by atoms with van der Waals surface area (Å²) in [5.74, 6) is 15.8. The first-order valence-corrected chi connectivity index (χ1v) is 25.6. The number of fused-ring (bicyclic) bond motifs is 6. The largest absolute Gasteiger partial charge is 0.461 e. The van der Waals surface area contributed by atoms with Gasteiger partial charge in [-0.05, 0) is 118 Å². The van der Waals surface area contributed by atoms with Gasteiger partial charge in [0.15, 0.2) is 0 Å². The Morgan fingerprint density at radius 2 is 1.00 bits per heavy atom. The fourth-order valence-electron chi connectivity index (χ4n) is 8.61. The summed E-state index contributed by atoms with van der Waals surface area (Å²) in [4.78, 5) is 25.0. The van der Waals surface area contributed by atoms with Crippen molar-refractivity contribution in [3.63, 3.8) is 0 Å². The maximum Gasteiger partial charge on any atom is 0.306 e. The zero-order chi connectivity index (χ0) is 39.5. The zero-order valence-corrected chi connectivity index (χ0v) is 36.2. The summed E-state index contributed by atoms with van der Waals surface area (Å²) in [6, 6.07) is 30.1. The smallest absolute Gasteiger partial charge is 0.306 e. The average molecular weight is 843 g/mol. The van der Waals surface area contributed by atoms with E-state index in [1.54, 1.807) is 0 Å². The van der Waals surface area contributed by atoms with Gasteiger partial charge in [-0.2, -0.15) is 0 Å². The lowest BCUT2D eigenvalue weighted by Crippen LogP contribution is -2.05. The van der Waals surface area contributed by atoms with E-state index in [-0.39, 0.29) is 23.8 Å². The number of hydrogen-bond acceptors (Lipinski definition) is 8. The Kier molecular flexibility index (Phi) is 14.6. The van der Waals surface area contributed by atoms with Gasteiger partial charge in [0.25, 0.3) is 0 Å². The Labute approximate surface area is 360 Å². The Morgan fingerprint density at radius 3 is 1.45 bits per heavy atom. The number of carbonyl (C=O) groups is 2. The van der Waals surface area contributed by atoms with Gasteiger partial charge in [-0.3, -0.25) is 9.59 Å². The molecule has 4 aliphatic rings. The molecule has 0 saturated carbocycles. The van der Waals surface area contributed by atoms with Crippen LogP contribution in [0, 0.1) is 23.7 Å². The molecule has 4 aromatic carbocycles. The van der Waals surface area contributed by atoms with Crippen LogP contribution in [0.15, 0.2) is 84.9 Å². The van der Waals surface area contributed by atoms with Crippen LogP contribution in [0.25, 0.3) is 22.3 Å². The fourth-order valence-corrected chi connectivity index (χ4v) is 14.7. The lowest BCUT2D eigenvalue weighted by Gasteiger charge is -2.11. The third kappa shape index (κ3) is 10.4. The first kappa shape index (κ1) is 41.1. The van der Waals surface area contributed by atoms with E-state index in [2.05, 4.69) is 109 Å². The Morgan fingerprint density at radius 1 is 0.552 bits per heavy atom. The molecule has 0 spiro atoms. The van der Waals surface area contributed by atoms with Gasteiger partial charge in [0, 0.05) is 59.5 Å². The summed E-state index contributed by atoms with van der Waals surface area (Å²) in [6.45, 7) is 0.602. The maximum atomic E-state index is 12.5. The second-order valence-electron chi connectivity index (χ2n) is 15.6. The van der Waals surface area contributed by atoms with E-state index in [1.165, 1.54) is 81.7 Å². The van der Waals surface area contributed by atoms with Crippen LogP contribution < -0.4 is 0 Å². The number of rotatable bonds is 16. The monoisotopic (exact) mass is 842 g/mol. The standard InChI is InChI=1S/C50H50O4S4/c51-49(21-11-5-13-37-27-29-55-57-37)53-33-35-23-25-45-41(39-17-7-9-19-43(39)47(45)31-35)15-3-1-2-4-16-42-40-18-8-10-20-44(40)48-32-36(24-26-46(42)48)34-54-50(52)22-12-6-14-38-28-30-56-58-38/h7-10,17-20,23-26,31-32,37-38,41-42H,5-6,11-16,21-22,27-30,33-34H2. The van der Waals surface area contributed by atoms with Crippen molar-refractivity contribution in [3.05, 3.63) is 118 Å². The van der Waals surface area contributed by atoms with Crippen molar-refractivity contribution in [2.75, 3.05) is 11.5 Å². The third-order valence-electron chi connectivity index (χ3n) is 11.7. The first-order chi connectivity index (χ1) is 28.6. The summed E-state index contributed by atoms with van der Waals surface area (Å²) in [6.07, 6.45) is 11.3. The highest BCUT2D eigenvalue weighted by molar-refractivity contribution is 8.77. The summed E-state index contributed by atoms with van der Waals surface area (Å²) >= 11 is 0. The van der Waals surface area contributed by atoms with Gasteiger partial charge >= 0.3 is 11.9 Å². The van der Waals surface area contributed by atoms with E-state index in [0.29, 0.717) is 38.9 Å². The molecule has 0 radical (unpaired) electrons. The van der Waals surface area contributed by atoms with Crippen LogP contribution in [0.5, 0.6) is 0 Å². The summed E-state index contributed by atoms with van der Waals surface area (Å²) in [5, 5.41) is 1.51. The van der Waals surface area contributed by atoms with E-state index in [9.17, 15) is 9.59 Å². The number of ether oxygens (including phenoxy) is 2. The molecule has 2 fully saturated rings. The van der Waals surface area contributed by atoms with Gasteiger partial charge in [-0.1, -0.05) is 141 Å². The molecule has 2 heterocycles. The molecule has 0 aromatic heterocycles. The number of unbranched alkanes of at least 4 members (excludes halogenated alkanes) is 2. The van der Waals surface area contributed by atoms with Gasteiger partial charge in [-0.25, -0.2) is 0 Å². The number of benzene rings is 4. The van der Waals surface area contributed by atoms with Crippen molar-refractivity contribution in [3.8, 4) is 45.9 Å². The minimum Gasteiger partial charge on any atom is -0.461 e. The van der Waals surface area contributed by atoms with Gasteiger partial charge in [0.2, 0.25) is 0 Å². The van der Waals surface area contributed by atoms with Gasteiger partial charge in [0.1, 0.15) is 13.2 Å². The Balaban J connectivity index is 0.840. The molecule has 0 bridgehead atoms. The highest BCUT2D eigenvalue weighted by atomic mass is 33.1. The summed E-state index contributed by atoms with van der Waals surface area (Å²) < 4.78 is 11.4. The van der Waals surface area contributed by atoms with Crippen LogP contribution >= 0.6 is 43.2 Å².